The molecule has 0 bridgehead atoms. The first-order chi connectivity index (χ1) is 8.75. The molecule has 0 saturated carbocycles. The van der Waals surface area contributed by atoms with E-state index in [2.05, 4.69) is 16.0 Å². The summed E-state index contributed by atoms with van der Waals surface area (Å²) in [6.07, 6.45) is 4.02. The van der Waals surface area contributed by atoms with E-state index in [9.17, 15) is 4.79 Å². The molecule has 0 aliphatic carbocycles. The first-order valence-corrected chi connectivity index (χ1v) is 5.90. The third-order valence-corrected chi connectivity index (χ3v) is 3.30. The smallest absolute Gasteiger partial charge is 0.290 e. The van der Waals surface area contributed by atoms with Crippen molar-refractivity contribution in [3.8, 4) is 0 Å². The standard InChI is InChI=1S/C13H14N4O/c14-11-3-1-2-9-4-7-17(8-10(9)11)12-13(18)16-6-5-15-12/h1-3,5-6H,4,7-8,14H2,(H,16,18). The van der Waals surface area contributed by atoms with Crippen LogP contribution in [0.5, 0.6) is 0 Å². The van der Waals surface area contributed by atoms with E-state index in [4.69, 9.17) is 5.73 Å². The highest BCUT2D eigenvalue weighted by Crippen LogP contribution is 2.25. The number of aromatic nitrogens is 2. The minimum atomic E-state index is -0.157. The molecule has 3 rings (SSSR count). The fraction of sp³-hybridized carbons (Fsp3) is 0.231. The number of nitrogens with two attached hydrogens (primary N) is 1. The molecule has 0 unspecified atom stereocenters. The Morgan fingerprint density at radius 3 is 3.11 bits per heavy atom. The molecule has 0 spiro atoms. The van der Waals surface area contributed by atoms with Crippen LogP contribution < -0.4 is 16.2 Å². The Hall–Kier alpha value is -2.30. The van der Waals surface area contributed by atoms with Crippen LogP contribution in [0.2, 0.25) is 0 Å². The molecule has 0 fully saturated rings. The predicted molar refractivity (Wildman–Crippen MR) is 70.5 cm³/mol. The Bertz CT molecular complexity index is 635. The lowest BCUT2D eigenvalue weighted by molar-refractivity contribution is 0.716. The number of hydrogen-bond donors (Lipinski definition) is 2. The Balaban J connectivity index is 1.99. The number of nitrogen functional groups attached to an aromatic ring is 1. The molecule has 0 amide bonds. The van der Waals surface area contributed by atoms with Crippen LogP contribution in [-0.4, -0.2) is 16.5 Å². The Morgan fingerprint density at radius 2 is 2.28 bits per heavy atom. The second-order valence-electron chi connectivity index (χ2n) is 4.40. The third kappa shape index (κ3) is 1.73. The molecule has 5 heteroatoms. The predicted octanol–water partition coefficient (Wildman–Crippen LogP) is 0.915. The van der Waals surface area contributed by atoms with Crippen molar-refractivity contribution in [3.63, 3.8) is 0 Å². The zero-order chi connectivity index (χ0) is 12.5. The molecular formula is C13H14N4O. The molecule has 92 valence electrons. The normalized spacial score (nSPS) is 14.3. The Morgan fingerprint density at radius 1 is 1.39 bits per heavy atom. The zero-order valence-electron chi connectivity index (χ0n) is 9.89. The molecule has 2 aromatic rings. The van der Waals surface area contributed by atoms with Crippen LogP contribution in [0.25, 0.3) is 0 Å². The maximum atomic E-state index is 11.7. The van der Waals surface area contributed by atoms with Crippen LogP contribution in [0.4, 0.5) is 11.5 Å². The van der Waals surface area contributed by atoms with E-state index in [1.54, 1.807) is 6.20 Å². The van der Waals surface area contributed by atoms with Gasteiger partial charge in [-0.05, 0) is 23.6 Å². The Labute approximate surface area is 104 Å². The average molecular weight is 242 g/mol. The third-order valence-electron chi connectivity index (χ3n) is 3.30. The molecule has 1 aromatic heterocycles. The number of hydrogen-bond acceptors (Lipinski definition) is 4. The van der Waals surface area contributed by atoms with E-state index in [0.29, 0.717) is 12.4 Å². The molecular weight excluding hydrogens is 228 g/mol. The van der Waals surface area contributed by atoms with Gasteiger partial charge in [0.25, 0.3) is 5.56 Å². The zero-order valence-corrected chi connectivity index (χ0v) is 9.89. The van der Waals surface area contributed by atoms with Crippen molar-refractivity contribution in [2.24, 2.45) is 0 Å². The number of benzene rings is 1. The lowest BCUT2D eigenvalue weighted by atomic mass is 9.98. The number of anilines is 2. The van der Waals surface area contributed by atoms with Crippen molar-refractivity contribution in [1.82, 2.24) is 9.97 Å². The molecule has 0 saturated heterocycles. The summed E-state index contributed by atoms with van der Waals surface area (Å²) < 4.78 is 0. The lowest BCUT2D eigenvalue weighted by Crippen LogP contribution is -2.35. The summed E-state index contributed by atoms with van der Waals surface area (Å²) in [7, 11) is 0. The monoisotopic (exact) mass is 242 g/mol. The summed E-state index contributed by atoms with van der Waals surface area (Å²) in [6, 6.07) is 5.95. The number of H-pyrrole nitrogens is 1. The number of aromatic amines is 1. The van der Waals surface area contributed by atoms with E-state index in [0.717, 1.165) is 24.2 Å². The van der Waals surface area contributed by atoms with Crippen molar-refractivity contribution in [2.75, 3.05) is 17.2 Å². The van der Waals surface area contributed by atoms with Crippen molar-refractivity contribution in [3.05, 3.63) is 52.1 Å². The van der Waals surface area contributed by atoms with Gasteiger partial charge in [0.05, 0.1) is 0 Å². The lowest BCUT2D eigenvalue weighted by Gasteiger charge is -2.29. The maximum absolute atomic E-state index is 11.7. The summed E-state index contributed by atoms with van der Waals surface area (Å²) in [4.78, 5) is 20.5. The maximum Gasteiger partial charge on any atom is 0.290 e. The SMILES string of the molecule is Nc1cccc2c1CN(c1ncc[nH]c1=O)CC2. The molecule has 18 heavy (non-hydrogen) atoms. The molecule has 1 aliphatic heterocycles. The van der Waals surface area contributed by atoms with Crippen LogP contribution in [0, 0.1) is 0 Å². The summed E-state index contributed by atoms with van der Waals surface area (Å²) >= 11 is 0. The second-order valence-corrected chi connectivity index (χ2v) is 4.40. The van der Waals surface area contributed by atoms with Crippen LogP contribution in [0.1, 0.15) is 11.1 Å². The fourth-order valence-electron chi connectivity index (χ4n) is 2.36. The molecule has 2 heterocycles. The van der Waals surface area contributed by atoms with Gasteiger partial charge in [-0.1, -0.05) is 12.1 Å². The van der Waals surface area contributed by atoms with E-state index in [1.807, 2.05) is 17.0 Å². The molecule has 1 aromatic carbocycles. The van der Waals surface area contributed by atoms with Gasteiger partial charge in [-0.15, -0.1) is 0 Å². The van der Waals surface area contributed by atoms with Gasteiger partial charge >= 0.3 is 0 Å². The number of nitrogens with zero attached hydrogens (tertiary/aromatic N) is 2. The van der Waals surface area contributed by atoms with Crippen molar-refractivity contribution >= 4 is 11.5 Å². The minimum Gasteiger partial charge on any atom is -0.398 e. The summed E-state index contributed by atoms with van der Waals surface area (Å²) in [5, 5.41) is 0. The Kier molecular flexibility index (Phi) is 2.51. The van der Waals surface area contributed by atoms with Gasteiger partial charge in [0, 0.05) is 31.2 Å². The summed E-state index contributed by atoms with van der Waals surface area (Å²) in [5.74, 6) is 0.464. The first-order valence-electron chi connectivity index (χ1n) is 5.90. The highest BCUT2D eigenvalue weighted by molar-refractivity contribution is 5.55. The van der Waals surface area contributed by atoms with Gasteiger partial charge in [0.15, 0.2) is 5.82 Å². The van der Waals surface area contributed by atoms with Crippen LogP contribution in [0.15, 0.2) is 35.4 Å². The first kappa shape index (κ1) is 10.8. The molecule has 3 N–H and O–H groups in total. The van der Waals surface area contributed by atoms with Gasteiger partial charge < -0.3 is 15.6 Å². The quantitative estimate of drug-likeness (QED) is 0.729. The number of nitrogens with one attached hydrogen (secondary N) is 1. The van der Waals surface area contributed by atoms with Crippen molar-refractivity contribution in [2.45, 2.75) is 13.0 Å². The average Bonchev–Trinajstić information content (AvgIpc) is 2.40. The molecule has 5 nitrogen and oxygen atoms in total. The van der Waals surface area contributed by atoms with Gasteiger partial charge in [0.2, 0.25) is 0 Å². The van der Waals surface area contributed by atoms with Gasteiger partial charge in [-0.3, -0.25) is 4.79 Å². The summed E-state index contributed by atoms with van der Waals surface area (Å²) in [5.41, 5.74) is 8.98. The fourth-order valence-corrected chi connectivity index (χ4v) is 2.36. The topological polar surface area (TPSA) is 75.0 Å². The van der Waals surface area contributed by atoms with Crippen molar-refractivity contribution in [1.29, 1.82) is 0 Å². The van der Waals surface area contributed by atoms with E-state index < -0.39 is 0 Å². The van der Waals surface area contributed by atoms with E-state index in [1.165, 1.54) is 11.8 Å². The second kappa shape index (κ2) is 4.18. The van der Waals surface area contributed by atoms with Crippen molar-refractivity contribution < 1.29 is 0 Å². The van der Waals surface area contributed by atoms with Crippen LogP contribution in [-0.2, 0) is 13.0 Å². The number of rotatable bonds is 1. The highest BCUT2D eigenvalue weighted by Gasteiger charge is 2.20. The minimum absolute atomic E-state index is 0.157. The molecule has 0 atom stereocenters. The number of fused-ring (bicyclic) bond motifs is 1. The molecule has 0 radical (unpaired) electrons. The van der Waals surface area contributed by atoms with E-state index >= 15 is 0 Å². The van der Waals surface area contributed by atoms with Gasteiger partial charge in [0.1, 0.15) is 0 Å². The van der Waals surface area contributed by atoms with E-state index in [-0.39, 0.29) is 5.56 Å². The molecule has 1 aliphatic rings. The largest absolute Gasteiger partial charge is 0.398 e. The van der Waals surface area contributed by atoms with Crippen LogP contribution in [0.3, 0.4) is 0 Å². The van der Waals surface area contributed by atoms with Gasteiger partial charge in [-0.25, -0.2) is 4.98 Å². The van der Waals surface area contributed by atoms with Crippen LogP contribution >= 0.6 is 0 Å². The highest BCUT2D eigenvalue weighted by atomic mass is 16.1. The van der Waals surface area contributed by atoms with Gasteiger partial charge in [-0.2, -0.15) is 0 Å². The summed E-state index contributed by atoms with van der Waals surface area (Å²) in [6.45, 7) is 1.43.